The molecule has 0 unspecified atom stereocenters. The molecule has 3 heterocycles. The minimum Gasteiger partial charge on any atom is -0.310 e. The fraction of sp³-hybridized carbons (Fsp3) is 0.138. The molecule has 0 atom stereocenters. The van der Waals surface area contributed by atoms with Gasteiger partial charge in [-0.05, 0) is 128 Å². The molecular weight excluding hydrogens is 823 g/mol. The van der Waals surface area contributed by atoms with Crippen LogP contribution in [0.2, 0.25) is 0 Å². The Morgan fingerprint density at radius 2 is 0.721 bits per heavy atom. The molecule has 3 nitrogen and oxygen atoms in total. The van der Waals surface area contributed by atoms with Crippen LogP contribution in [0, 0.1) is 0 Å². The Morgan fingerprint density at radius 3 is 1.29 bits per heavy atom. The van der Waals surface area contributed by atoms with E-state index < -0.39 is 0 Å². The Hall–Kier alpha value is -7.88. The summed E-state index contributed by atoms with van der Waals surface area (Å²) in [5.74, 6) is 0. The van der Waals surface area contributed by atoms with E-state index in [2.05, 4.69) is 269 Å². The van der Waals surface area contributed by atoms with E-state index in [1.165, 1.54) is 88.8 Å². The van der Waals surface area contributed by atoms with Gasteiger partial charge in [0.15, 0.2) is 0 Å². The summed E-state index contributed by atoms with van der Waals surface area (Å²) >= 11 is 0. The van der Waals surface area contributed by atoms with Gasteiger partial charge in [0, 0.05) is 49.8 Å². The summed E-state index contributed by atoms with van der Waals surface area (Å²) in [6, 6.07) is 78.9. The minimum absolute atomic E-state index is 0.261. The zero-order valence-corrected chi connectivity index (χ0v) is 39.5. The molecule has 0 saturated heterocycles. The molecule has 0 radical (unpaired) electrons. The Balaban J connectivity index is 1.06. The zero-order chi connectivity index (χ0) is 46.1. The van der Waals surface area contributed by atoms with Crippen molar-refractivity contribution in [3.63, 3.8) is 0 Å². The van der Waals surface area contributed by atoms with Crippen molar-refractivity contribution >= 4 is 72.7 Å². The van der Waals surface area contributed by atoms with Gasteiger partial charge in [0.05, 0.1) is 28.4 Å². The van der Waals surface area contributed by atoms with E-state index in [-0.39, 0.29) is 16.2 Å². The molecule has 3 aliphatic rings. The maximum atomic E-state index is 2.69. The molecule has 10 aromatic rings. The van der Waals surface area contributed by atoms with Crippen LogP contribution in [0.4, 0.5) is 51.2 Å². The Bertz CT molecular complexity index is 3620. The molecule has 10 aromatic carbocycles. The van der Waals surface area contributed by atoms with Gasteiger partial charge in [-0.15, -0.1) is 0 Å². The van der Waals surface area contributed by atoms with Gasteiger partial charge in [0.2, 0.25) is 0 Å². The first-order chi connectivity index (χ1) is 33.0. The number of fused-ring (bicyclic) bond motifs is 2. The van der Waals surface area contributed by atoms with Gasteiger partial charge in [0.25, 0.3) is 0 Å². The second-order valence-corrected chi connectivity index (χ2v) is 20.6. The minimum atomic E-state index is -0.361. The molecule has 0 spiro atoms. The van der Waals surface area contributed by atoms with E-state index in [9.17, 15) is 0 Å². The summed E-state index contributed by atoms with van der Waals surface area (Å²) < 4.78 is 0. The lowest BCUT2D eigenvalue weighted by Gasteiger charge is -2.55. The normalized spacial score (nSPS) is 15.2. The predicted octanol–water partition coefficient (Wildman–Crippen LogP) is 18.0. The monoisotopic (exact) mass is 875 g/mol. The van der Waals surface area contributed by atoms with Gasteiger partial charge in [-0.3, -0.25) is 0 Å². The van der Waals surface area contributed by atoms with Crippen molar-refractivity contribution in [1.82, 2.24) is 0 Å². The molecule has 13 rings (SSSR count). The van der Waals surface area contributed by atoms with Gasteiger partial charge < -0.3 is 14.7 Å². The van der Waals surface area contributed by atoms with Crippen LogP contribution >= 0.6 is 0 Å². The van der Waals surface area contributed by atoms with Gasteiger partial charge in [-0.2, -0.15) is 0 Å². The first-order valence-corrected chi connectivity index (χ1v) is 24.1. The van der Waals surface area contributed by atoms with Crippen LogP contribution in [0.25, 0.3) is 32.7 Å². The summed E-state index contributed by atoms with van der Waals surface area (Å²) in [6.07, 6.45) is 0. The van der Waals surface area contributed by atoms with Gasteiger partial charge in [0.1, 0.15) is 0 Å². The quantitative estimate of drug-likeness (QED) is 0.158. The van der Waals surface area contributed by atoms with Gasteiger partial charge in [-0.1, -0.05) is 181 Å². The molecule has 0 amide bonds. The summed E-state index contributed by atoms with van der Waals surface area (Å²) in [4.78, 5) is 7.58. The topological polar surface area (TPSA) is 9.72 Å². The third kappa shape index (κ3) is 5.65. The first kappa shape index (κ1) is 40.4. The lowest BCUT2D eigenvalue weighted by molar-refractivity contribution is 0.567. The molecule has 0 N–H and O–H groups in total. The fourth-order valence-electron chi connectivity index (χ4n) is 12.2. The van der Waals surface area contributed by atoms with Crippen molar-refractivity contribution < 1.29 is 0 Å². The molecule has 328 valence electrons. The van der Waals surface area contributed by atoms with Crippen LogP contribution in [-0.4, -0.2) is 0 Å². The standard InChI is InChI=1S/C65H53N3/c1-63(2)52-33-21-34-53-60(52)68-61-54(63)38-43(48-36-37-59(51-32-19-18-31-50(48)51)67(46-28-14-9-15-29-46)58-35-20-23-42-22-16-17-30-49(42)58)39-55(61)65(5,6)57-41-47(40-56(62(57)68)64(53,3)4)66(44-24-10-7-11-25-44)45-26-12-8-13-27-45/h7-41H,1-6H3. The van der Waals surface area contributed by atoms with Crippen molar-refractivity contribution in [1.29, 1.82) is 0 Å². The lowest BCUT2D eigenvalue weighted by atomic mass is 9.60. The highest BCUT2D eigenvalue weighted by Crippen LogP contribution is 2.67. The van der Waals surface area contributed by atoms with Gasteiger partial charge >= 0.3 is 0 Å². The first-order valence-electron chi connectivity index (χ1n) is 24.1. The second-order valence-electron chi connectivity index (χ2n) is 20.6. The number of rotatable bonds is 7. The summed E-state index contributed by atoms with van der Waals surface area (Å²) in [7, 11) is 0. The third-order valence-corrected chi connectivity index (χ3v) is 15.7. The highest BCUT2D eigenvalue weighted by atomic mass is 15.2. The van der Waals surface area contributed by atoms with Crippen molar-refractivity contribution in [2.24, 2.45) is 0 Å². The molecule has 0 saturated carbocycles. The predicted molar refractivity (Wildman–Crippen MR) is 287 cm³/mol. The summed E-state index contributed by atoms with van der Waals surface area (Å²) in [5.41, 5.74) is 20.7. The Kier molecular flexibility index (Phi) is 8.65. The average molecular weight is 876 g/mol. The second kappa shape index (κ2) is 14.6. The molecule has 3 aliphatic heterocycles. The molecule has 68 heavy (non-hydrogen) atoms. The number of nitrogens with zero attached hydrogens (tertiary/aromatic N) is 3. The van der Waals surface area contributed by atoms with Crippen molar-refractivity contribution in [2.75, 3.05) is 14.7 Å². The number of para-hydroxylation sites is 4. The van der Waals surface area contributed by atoms with E-state index in [4.69, 9.17) is 0 Å². The average Bonchev–Trinajstić information content (AvgIpc) is 3.37. The fourth-order valence-corrected chi connectivity index (χ4v) is 12.2. The Morgan fingerprint density at radius 1 is 0.309 bits per heavy atom. The number of hydrogen-bond donors (Lipinski definition) is 0. The van der Waals surface area contributed by atoms with E-state index in [0.29, 0.717) is 0 Å². The lowest BCUT2D eigenvalue weighted by Crippen LogP contribution is -2.43. The maximum absolute atomic E-state index is 2.69. The molecular formula is C65H53N3. The SMILES string of the molecule is CC1(C)c2cccc3c2N2c4c1cc(-c1ccc(N(c5ccccc5)c5cccc6ccccc56)c5ccccc15)cc4C(C)(C)c1cc(N(c4ccccc4)c4ccccc4)cc(c12)C3(C)C. The highest BCUT2D eigenvalue weighted by Gasteiger charge is 2.52. The van der Waals surface area contributed by atoms with Crippen molar-refractivity contribution in [3.05, 3.63) is 246 Å². The zero-order valence-electron chi connectivity index (χ0n) is 39.5. The number of anilines is 9. The number of hydrogen-bond acceptors (Lipinski definition) is 3. The van der Waals surface area contributed by atoms with Crippen molar-refractivity contribution in [2.45, 2.75) is 57.8 Å². The van der Waals surface area contributed by atoms with Crippen LogP contribution in [0.5, 0.6) is 0 Å². The van der Waals surface area contributed by atoms with E-state index in [0.717, 1.165) is 28.4 Å². The van der Waals surface area contributed by atoms with Crippen LogP contribution in [0.15, 0.2) is 212 Å². The van der Waals surface area contributed by atoms with E-state index in [1.54, 1.807) is 0 Å². The van der Waals surface area contributed by atoms with E-state index >= 15 is 0 Å². The highest BCUT2D eigenvalue weighted by molar-refractivity contribution is 6.10. The molecule has 0 bridgehead atoms. The van der Waals surface area contributed by atoms with Crippen molar-refractivity contribution in [3.8, 4) is 11.1 Å². The molecule has 0 aromatic heterocycles. The van der Waals surface area contributed by atoms with E-state index in [1.807, 2.05) is 0 Å². The Labute approximate surface area is 400 Å². The molecule has 3 heteroatoms. The smallest absolute Gasteiger partial charge is 0.0545 e. The summed E-state index contributed by atoms with van der Waals surface area (Å²) in [5, 5.41) is 4.88. The van der Waals surface area contributed by atoms with Crippen LogP contribution in [0.3, 0.4) is 0 Å². The van der Waals surface area contributed by atoms with Crippen LogP contribution in [0.1, 0.15) is 74.9 Å². The van der Waals surface area contributed by atoms with Crippen LogP contribution < -0.4 is 14.7 Å². The number of benzene rings is 10. The largest absolute Gasteiger partial charge is 0.310 e. The third-order valence-electron chi connectivity index (χ3n) is 15.7. The maximum Gasteiger partial charge on any atom is 0.0545 e. The molecule has 0 aliphatic carbocycles. The van der Waals surface area contributed by atoms with Gasteiger partial charge in [-0.25, -0.2) is 0 Å². The molecule has 0 fully saturated rings. The summed E-state index contributed by atoms with van der Waals surface area (Å²) in [6.45, 7) is 14.7. The van der Waals surface area contributed by atoms with Crippen LogP contribution in [-0.2, 0) is 16.2 Å².